The normalized spacial score (nSPS) is 20.0. The Labute approximate surface area is 143 Å². The highest BCUT2D eigenvalue weighted by Crippen LogP contribution is 2.22. The molecule has 2 heterocycles. The number of nitrogens with zero attached hydrogens (tertiary/aromatic N) is 2. The standard InChI is InChI=1S/C18H25ClN2O2/c19-16-3-5-17(6-4-16)23-14-13-20-11-7-15(8-12-20)18(22)21-9-1-2-10-21/h3-6,15H,1-2,7-14H2. The molecule has 0 bridgehead atoms. The molecule has 126 valence electrons. The van der Waals surface area contributed by atoms with E-state index in [1.807, 2.05) is 24.3 Å². The number of benzene rings is 1. The lowest BCUT2D eigenvalue weighted by atomic mass is 9.95. The van der Waals surface area contributed by atoms with Crippen molar-refractivity contribution >= 4 is 17.5 Å². The molecule has 2 aliphatic heterocycles. The molecule has 0 saturated carbocycles. The second kappa shape index (κ2) is 8.02. The van der Waals surface area contributed by atoms with Gasteiger partial charge in [0.1, 0.15) is 12.4 Å². The Morgan fingerprint density at radius 3 is 2.39 bits per heavy atom. The molecule has 0 unspecified atom stereocenters. The summed E-state index contributed by atoms with van der Waals surface area (Å²) in [5, 5.41) is 0.724. The lowest BCUT2D eigenvalue weighted by Crippen LogP contribution is -2.42. The SMILES string of the molecule is O=C(C1CCN(CCOc2ccc(Cl)cc2)CC1)N1CCCC1. The summed E-state index contributed by atoms with van der Waals surface area (Å²) < 4.78 is 5.74. The fraction of sp³-hybridized carbons (Fsp3) is 0.611. The van der Waals surface area contributed by atoms with Crippen molar-refractivity contribution in [2.75, 3.05) is 39.3 Å². The monoisotopic (exact) mass is 336 g/mol. The highest BCUT2D eigenvalue weighted by Gasteiger charge is 2.29. The summed E-state index contributed by atoms with van der Waals surface area (Å²) >= 11 is 5.86. The molecule has 3 rings (SSSR count). The van der Waals surface area contributed by atoms with Crippen molar-refractivity contribution in [2.45, 2.75) is 25.7 Å². The number of hydrogen-bond donors (Lipinski definition) is 0. The molecule has 0 spiro atoms. The zero-order chi connectivity index (χ0) is 16.1. The van der Waals surface area contributed by atoms with Crippen LogP contribution < -0.4 is 4.74 Å². The second-order valence-corrected chi connectivity index (χ2v) is 6.89. The van der Waals surface area contributed by atoms with Crippen LogP contribution in [0.1, 0.15) is 25.7 Å². The fourth-order valence-electron chi connectivity index (χ4n) is 3.42. The van der Waals surface area contributed by atoms with Crippen LogP contribution in [0.15, 0.2) is 24.3 Å². The summed E-state index contributed by atoms with van der Waals surface area (Å²) in [6.45, 7) is 5.50. The molecule has 23 heavy (non-hydrogen) atoms. The lowest BCUT2D eigenvalue weighted by molar-refractivity contribution is -0.136. The average Bonchev–Trinajstić information content (AvgIpc) is 3.11. The van der Waals surface area contributed by atoms with Gasteiger partial charge in [0.05, 0.1) is 0 Å². The van der Waals surface area contributed by atoms with Crippen molar-refractivity contribution in [3.63, 3.8) is 0 Å². The van der Waals surface area contributed by atoms with E-state index in [1.165, 1.54) is 12.8 Å². The molecule has 1 aromatic carbocycles. The Morgan fingerprint density at radius 1 is 1.09 bits per heavy atom. The Bertz CT molecular complexity index is 506. The first-order chi connectivity index (χ1) is 11.2. The summed E-state index contributed by atoms with van der Waals surface area (Å²) in [5.41, 5.74) is 0. The number of carbonyl (C=O) groups excluding carboxylic acids is 1. The maximum atomic E-state index is 12.4. The van der Waals surface area contributed by atoms with Crippen molar-refractivity contribution in [1.29, 1.82) is 0 Å². The minimum atomic E-state index is 0.238. The third-order valence-corrected chi connectivity index (χ3v) is 5.10. The van der Waals surface area contributed by atoms with E-state index in [4.69, 9.17) is 16.3 Å². The quantitative estimate of drug-likeness (QED) is 0.828. The molecule has 0 atom stereocenters. The predicted molar refractivity (Wildman–Crippen MR) is 91.9 cm³/mol. The van der Waals surface area contributed by atoms with Crippen LogP contribution in [0.3, 0.4) is 0 Å². The van der Waals surface area contributed by atoms with Gasteiger partial charge in [0.2, 0.25) is 5.91 Å². The largest absolute Gasteiger partial charge is 0.492 e. The molecule has 2 saturated heterocycles. The summed E-state index contributed by atoms with van der Waals surface area (Å²) in [7, 11) is 0. The van der Waals surface area contributed by atoms with Gasteiger partial charge in [-0.1, -0.05) is 11.6 Å². The van der Waals surface area contributed by atoms with Crippen LogP contribution >= 0.6 is 11.6 Å². The van der Waals surface area contributed by atoms with Gasteiger partial charge >= 0.3 is 0 Å². The zero-order valence-corrected chi connectivity index (χ0v) is 14.3. The van der Waals surface area contributed by atoms with Gasteiger partial charge in [-0.15, -0.1) is 0 Å². The highest BCUT2D eigenvalue weighted by atomic mass is 35.5. The topological polar surface area (TPSA) is 32.8 Å². The van der Waals surface area contributed by atoms with Gasteiger partial charge in [-0.05, 0) is 63.0 Å². The molecule has 1 amide bonds. The molecule has 0 aliphatic carbocycles. The lowest BCUT2D eigenvalue weighted by Gasteiger charge is -2.33. The van der Waals surface area contributed by atoms with Gasteiger partial charge in [-0.25, -0.2) is 0 Å². The van der Waals surface area contributed by atoms with Gasteiger partial charge < -0.3 is 9.64 Å². The zero-order valence-electron chi connectivity index (χ0n) is 13.5. The molecule has 1 aromatic rings. The maximum Gasteiger partial charge on any atom is 0.225 e. The number of rotatable bonds is 5. The van der Waals surface area contributed by atoms with E-state index in [-0.39, 0.29) is 5.92 Å². The second-order valence-electron chi connectivity index (χ2n) is 6.45. The summed E-state index contributed by atoms with van der Waals surface area (Å²) in [6, 6.07) is 7.46. The first kappa shape index (κ1) is 16.6. The van der Waals surface area contributed by atoms with Gasteiger partial charge in [-0.3, -0.25) is 9.69 Å². The minimum Gasteiger partial charge on any atom is -0.492 e. The Morgan fingerprint density at radius 2 is 1.74 bits per heavy atom. The first-order valence-corrected chi connectivity index (χ1v) is 9.00. The number of carbonyl (C=O) groups is 1. The molecule has 2 aliphatic rings. The number of likely N-dealkylation sites (tertiary alicyclic amines) is 2. The molecular formula is C18H25ClN2O2. The van der Waals surface area contributed by atoms with E-state index in [0.29, 0.717) is 12.5 Å². The molecular weight excluding hydrogens is 312 g/mol. The number of piperidine rings is 1. The first-order valence-electron chi connectivity index (χ1n) is 8.62. The fourth-order valence-corrected chi connectivity index (χ4v) is 3.55. The Balaban J connectivity index is 1.36. The van der Waals surface area contributed by atoms with Crippen LogP contribution in [0.2, 0.25) is 5.02 Å². The number of amides is 1. The van der Waals surface area contributed by atoms with Crippen LogP contribution in [0.5, 0.6) is 5.75 Å². The van der Waals surface area contributed by atoms with Gasteiger partial charge in [0, 0.05) is 30.6 Å². The van der Waals surface area contributed by atoms with Crippen molar-refractivity contribution in [1.82, 2.24) is 9.80 Å². The summed E-state index contributed by atoms with van der Waals surface area (Å²) in [5.74, 6) is 1.48. The van der Waals surface area contributed by atoms with Crippen LogP contribution in [0.4, 0.5) is 0 Å². The van der Waals surface area contributed by atoms with Crippen molar-refractivity contribution in [3.8, 4) is 5.75 Å². The molecule has 2 fully saturated rings. The third-order valence-electron chi connectivity index (χ3n) is 4.84. The number of hydrogen-bond acceptors (Lipinski definition) is 3. The van der Waals surface area contributed by atoms with E-state index in [0.717, 1.165) is 56.3 Å². The smallest absolute Gasteiger partial charge is 0.225 e. The molecule has 0 aromatic heterocycles. The summed E-state index contributed by atoms with van der Waals surface area (Å²) in [6.07, 6.45) is 4.31. The van der Waals surface area contributed by atoms with E-state index >= 15 is 0 Å². The third kappa shape index (κ3) is 4.61. The van der Waals surface area contributed by atoms with Crippen molar-refractivity contribution < 1.29 is 9.53 Å². The van der Waals surface area contributed by atoms with Gasteiger partial charge in [0.15, 0.2) is 0 Å². The van der Waals surface area contributed by atoms with Gasteiger partial charge in [-0.2, -0.15) is 0 Å². The Kier molecular flexibility index (Phi) is 5.79. The van der Waals surface area contributed by atoms with Crippen LogP contribution in [0.25, 0.3) is 0 Å². The minimum absolute atomic E-state index is 0.238. The summed E-state index contributed by atoms with van der Waals surface area (Å²) in [4.78, 5) is 16.9. The van der Waals surface area contributed by atoms with E-state index < -0.39 is 0 Å². The molecule has 0 radical (unpaired) electrons. The van der Waals surface area contributed by atoms with E-state index in [1.54, 1.807) is 0 Å². The predicted octanol–water partition coefficient (Wildman–Crippen LogP) is 3.05. The average molecular weight is 337 g/mol. The molecule has 5 heteroatoms. The molecule has 4 nitrogen and oxygen atoms in total. The maximum absolute atomic E-state index is 12.4. The van der Waals surface area contributed by atoms with Crippen LogP contribution in [-0.4, -0.2) is 55.0 Å². The van der Waals surface area contributed by atoms with Crippen LogP contribution in [0, 0.1) is 5.92 Å². The van der Waals surface area contributed by atoms with E-state index in [2.05, 4.69) is 9.80 Å². The Hall–Kier alpha value is -1.26. The number of halogens is 1. The highest BCUT2D eigenvalue weighted by molar-refractivity contribution is 6.30. The molecule has 0 N–H and O–H groups in total. The van der Waals surface area contributed by atoms with Crippen molar-refractivity contribution in [2.24, 2.45) is 5.92 Å². The van der Waals surface area contributed by atoms with Crippen LogP contribution in [-0.2, 0) is 4.79 Å². The van der Waals surface area contributed by atoms with Gasteiger partial charge in [0.25, 0.3) is 0 Å². The number of ether oxygens (including phenoxy) is 1. The van der Waals surface area contributed by atoms with E-state index in [9.17, 15) is 4.79 Å². The van der Waals surface area contributed by atoms with Crippen molar-refractivity contribution in [3.05, 3.63) is 29.3 Å².